The first-order chi connectivity index (χ1) is 17.1. The number of hydrogen-bond acceptors (Lipinski definition) is 4. The molecule has 2 atom stereocenters. The van der Waals surface area contributed by atoms with Gasteiger partial charge in [0.15, 0.2) is 0 Å². The third-order valence-corrected chi connectivity index (χ3v) is 9.08. The van der Waals surface area contributed by atoms with Crippen molar-refractivity contribution in [3.05, 3.63) is 65.5 Å². The Morgan fingerprint density at radius 3 is 2.49 bits per heavy atom. The Bertz CT molecular complexity index is 1070. The van der Waals surface area contributed by atoms with Gasteiger partial charge >= 0.3 is 6.09 Å². The van der Waals surface area contributed by atoms with Crippen molar-refractivity contribution in [1.29, 1.82) is 0 Å². The van der Waals surface area contributed by atoms with E-state index < -0.39 is 0 Å². The molecule has 5 nitrogen and oxygen atoms in total. The van der Waals surface area contributed by atoms with E-state index in [4.69, 9.17) is 4.74 Å². The molecule has 4 aliphatic rings. The van der Waals surface area contributed by atoms with Gasteiger partial charge in [-0.1, -0.05) is 30.3 Å². The highest BCUT2D eigenvalue weighted by atomic mass is 19.1. The maximum absolute atomic E-state index is 14.0. The smallest absolute Gasteiger partial charge is 0.410 e. The number of ether oxygens (including phenoxy) is 1. The summed E-state index contributed by atoms with van der Waals surface area (Å²) in [5.74, 6) is -0.172. The second-order valence-electron chi connectivity index (χ2n) is 10.9. The first-order valence-corrected chi connectivity index (χ1v) is 13.3. The van der Waals surface area contributed by atoms with Gasteiger partial charge in [-0.15, -0.1) is 0 Å². The van der Waals surface area contributed by atoms with Crippen LogP contribution < -0.4 is 4.90 Å². The number of nitrogens with zero attached hydrogens (tertiary/aromatic N) is 3. The van der Waals surface area contributed by atoms with Crippen molar-refractivity contribution in [1.82, 2.24) is 9.80 Å². The number of piperidine rings is 2. The molecule has 1 amide bonds. The summed E-state index contributed by atoms with van der Waals surface area (Å²) >= 11 is 0. The maximum Gasteiger partial charge on any atom is 0.410 e. The molecular formula is C29H36FN3O2. The van der Waals surface area contributed by atoms with E-state index in [1.165, 1.54) is 17.2 Å². The minimum atomic E-state index is -0.172. The predicted molar refractivity (Wildman–Crippen MR) is 135 cm³/mol. The van der Waals surface area contributed by atoms with Crippen LogP contribution in [0.25, 0.3) is 0 Å². The molecule has 0 aliphatic carbocycles. The lowest BCUT2D eigenvalue weighted by Gasteiger charge is -2.52. The lowest BCUT2D eigenvalue weighted by Crippen LogP contribution is -2.57. The monoisotopic (exact) mass is 477 g/mol. The van der Waals surface area contributed by atoms with Crippen LogP contribution in [-0.4, -0.2) is 60.3 Å². The second kappa shape index (κ2) is 9.12. The summed E-state index contributed by atoms with van der Waals surface area (Å²) in [7, 11) is 0. The fourth-order valence-corrected chi connectivity index (χ4v) is 7.43. The molecule has 3 fully saturated rings. The number of rotatable bonds is 3. The van der Waals surface area contributed by atoms with E-state index in [0.717, 1.165) is 70.4 Å². The number of fused-ring (bicyclic) bond motifs is 4. The van der Waals surface area contributed by atoms with E-state index in [0.29, 0.717) is 24.7 Å². The van der Waals surface area contributed by atoms with Crippen LogP contribution in [0.3, 0.4) is 0 Å². The summed E-state index contributed by atoms with van der Waals surface area (Å²) in [5, 5.41) is 0. The third kappa shape index (κ3) is 4.10. The average Bonchev–Trinajstić information content (AvgIpc) is 3.14. The van der Waals surface area contributed by atoms with Crippen molar-refractivity contribution in [3.8, 4) is 0 Å². The summed E-state index contributed by atoms with van der Waals surface area (Å²) in [6.45, 7) is 6.26. The van der Waals surface area contributed by atoms with Crippen LogP contribution in [0.15, 0.2) is 48.5 Å². The molecule has 2 bridgehead atoms. The minimum absolute atomic E-state index is 0.0995. The topological polar surface area (TPSA) is 36.0 Å². The van der Waals surface area contributed by atoms with Crippen LogP contribution in [0.5, 0.6) is 0 Å². The number of hydrogen-bond donors (Lipinski definition) is 0. The fourth-order valence-electron chi connectivity index (χ4n) is 7.43. The van der Waals surface area contributed by atoms with Gasteiger partial charge in [0.25, 0.3) is 0 Å². The summed E-state index contributed by atoms with van der Waals surface area (Å²) in [4.78, 5) is 19.6. The van der Waals surface area contributed by atoms with Crippen LogP contribution in [0.2, 0.25) is 0 Å². The van der Waals surface area contributed by atoms with Crippen molar-refractivity contribution in [2.24, 2.45) is 0 Å². The quantitative estimate of drug-likeness (QED) is 0.599. The van der Waals surface area contributed by atoms with Crippen molar-refractivity contribution >= 4 is 11.8 Å². The Labute approximate surface area is 207 Å². The second-order valence-corrected chi connectivity index (χ2v) is 10.9. The number of amides is 1. The Morgan fingerprint density at radius 1 is 1.03 bits per heavy atom. The summed E-state index contributed by atoms with van der Waals surface area (Å²) in [6, 6.07) is 17.1. The average molecular weight is 478 g/mol. The predicted octanol–water partition coefficient (Wildman–Crippen LogP) is 5.33. The molecule has 4 aliphatic heterocycles. The molecule has 0 aromatic heterocycles. The summed E-state index contributed by atoms with van der Waals surface area (Å²) in [5.41, 5.74) is 3.94. The Hall–Kier alpha value is -2.60. The van der Waals surface area contributed by atoms with Crippen molar-refractivity contribution in [2.75, 3.05) is 31.1 Å². The molecule has 2 unspecified atom stereocenters. The number of carbonyl (C=O) groups is 1. The van der Waals surface area contributed by atoms with Gasteiger partial charge in [0.2, 0.25) is 0 Å². The molecule has 0 N–H and O–H groups in total. The van der Waals surface area contributed by atoms with Crippen molar-refractivity contribution in [2.45, 2.75) is 75.5 Å². The van der Waals surface area contributed by atoms with E-state index in [1.54, 1.807) is 6.07 Å². The van der Waals surface area contributed by atoms with Gasteiger partial charge in [-0.2, -0.15) is 0 Å². The molecule has 35 heavy (non-hydrogen) atoms. The molecule has 2 aromatic carbocycles. The Balaban J connectivity index is 1.18. The maximum atomic E-state index is 14.0. The minimum Gasteiger partial charge on any atom is -0.450 e. The molecule has 6 rings (SSSR count). The highest BCUT2D eigenvalue weighted by Crippen LogP contribution is 2.45. The zero-order valence-electron chi connectivity index (χ0n) is 20.7. The molecule has 186 valence electrons. The molecule has 0 saturated carbocycles. The molecule has 1 spiro atoms. The van der Waals surface area contributed by atoms with Crippen molar-refractivity contribution < 1.29 is 13.9 Å². The van der Waals surface area contributed by atoms with Crippen LogP contribution in [0, 0.1) is 5.82 Å². The summed E-state index contributed by atoms with van der Waals surface area (Å²) in [6.07, 6.45) is 6.45. The van der Waals surface area contributed by atoms with Gasteiger partial charge in [0, 0.05) is 42.3 Å². The zero-order chi connectivity index (χ0) is 24.0. The zero-order valence-corrected chi connectivity index (χ0v) is 20.7. The first-order valence-electron chi connectivity index (χ1n) is 13.3. The number of anilines is 1. The molecule has 2 aromatic rings. The Morgan fingerprint density at radius 2 is 1.77 bits per heavy atom. The van der Waals surface area contributed by atoms with E-state index in [-0.39, 0.29) is 17.3 Å². The Kier molecular flexibility index (Phi) is 5.95. The number of benzene rings is 2. The highest BCUT2D eigenvalue weighted by Gasteiger charge is 2.48. The molecule has 6 heteroatoms. The molecule has 3 saturated heterocycles. The highest BCUT2D eigenvalue weighted by molar-refractivity contribution is 5.69. The fraction of sp³-hybridized carbons (Fsp3) is 0.552. The van der Waals surface area contributed by atoms with Gasteiger partial charge in [-0.05, 0) is 87.9 Å². The van der Waals surface area contributed by atoms with Crippen LogP contribution in [0.4, 0.5) is 14.9 Å². The normalized spacial score (nSPS) is 27.7. The SMILES string of the molecule is CCOC(=O)N1C2CCC1CC(N1CCC3(CC1)CN(c1cccc(F)c1)Cc1ccccc13)C2. The molecule has 4 heterocycles. The lowest BCUT2D eigenvalue weighted by molar-refractivity contribution is 0.0270. The lowest BCUT2D eigenvalue weighted by atomic mass is 9.68. The number of carbonyl (C=O) groups excluding carboxylic acids is 1. The largest absolute Gasteiger partial charge is 0.450 e. The van der Waals surface area contributed by atoms with E-state index >= 15 is 0 Å². The van der Waals surface area contributed by atoms with Crippen LogP contribution in [0.1, 0.15) is 56.6 Å². The van der Waals surface area contributed by atoms with Gasteiger partial charge in [-0.3, -0.25) is 0 Å². The van der Waals surface area contributed by atoms with Crippen molar-refractivity contribution in [3.63, 3.8) is 0 Å². The van der Waals surface area contributed by atoms with Crippen LogP contribution in [-0.2, 0) is 16.7 Å². The standard InChI is InChI=1S/C29H36FN3O2/c1-2-35-28(34)33-24-10-11-25(33)18-26(17-24)31-14-12-29(13-15-31)20-32(23-8-5-7-22(30)16-23)19-21-6-3-4-9-27(21)29/h3-9,16,24-26H,2,10-15,17-20H2,1H3. The van der Waals surface area contributed by atoms with E-state index in [9.17, 15) is 9.18 Å². The number of likely N-dealkylation sites (tertiary alicyclic amines) is 1. The van der Waals surface area contributed by atoms with Gasteiger partial charge in [-0.25, -0.2) is 9.18 Å². The first kappa shape index (κ1) is 22.8. The van der Waals surface area contributed by atoms with E-state index in [2.05, 4.69) is 34.1 Å². The van der Waals surface area contributed by atoms with Gasteiger partial charge in [0.1, 0.15) is 5.82 Å². The molecule has 0 radical (unpaired) electrons. The van der Waals surface area contributed by atoms with Gasteiger partial charge < -0.3 is 19.4 Å². The molecular weight excluding hydrogens is 441 g/mol. The van der Waals surface area contributed by atoms with Crippen LogP contribution >= 0.6 is 0 Å². The number of halogens is 1. The van der Waals surface area contributed by atoms with Gasteiger partial charge in [0.05, 0.1) is 6.61 Å². The third-order valence-electron chi connectivity index (χ3n) is 9.08. The summed E-state index contributed by atoms with van der Waals surface area (Å²) < 4.78 is 19.4. The van der Waals surface area contributed by atoms with E-state index in [1.807, 2.05) is 24.0 Å².